The monoisotopic (exact) mass is 781 g/mol. The number of para-hydroxylation sites is 1. The van der Waals surface area contributed by atoms with Gasteiger partial charge in [-0.15, -0.1) is 0 Å². The molecule has 6 unspecified atom stereocenters. The molecule has 5 amide bonds. The van der Waals surface area contributed by atoms with Crippen molar-refractivity contribution in [3.05, 3.63) is 102 Å². The number of aromatic hydroxyl groups is 1. The summed E-state index contributed by atoms with van der Waals surface area (Å²) < 4.78 is 0. The lowest BCUT2D eigenvalue weighted by molar-refractivity contribution is -0.142. The average Bonchev–Trinajstić information content (AvgIpc) is 3.85. The van der Waals surface area contributed by atoms with Crippen LogP contribution in [0.25, 0.3) is 10.9 Å². The number of aromatic nitrogens is 1. The lowest BCUT2D eigenvalue weighted by Crippen LogP contribution is -2.59. The predicted octanol–water partition coefficient (Wildman–Crippen LogP) is 1.92. The number of hydrogen-bond donors (Lipinski definition) is 8. The van der Waals surface area contributed by atoms with Gasteiger partial charge in [-0.3, -0.25) is 24.0 Å². The van der Waals surface area contributed by atoms with Gasteiger partial charge in [0.2, 0.25) is 29.5 Å². The van der Waals surface area contributed by atoms with Gasteiger partial charge in [-0.25, -0.2) is 4.79 Å². The number of hydrogen-bond acceptors (Lipinski definition) is 8. The zero-order valence-electron chi connectivity index (χ0n) is 32.2. The van der Waals surface area contributed by atoms with Crippen LogP contribution in [0.3, 0.4) is 0 Å². The highest BCUT2D eigenvalue weighted by atomic mass is 16.4. The number of carbonyl (C=O) groups excluding carboxylic acids is 5. The first-order valence-electron chi connectivity index (χ1n) is 19.1. The van der Waals surface area contributed by atoms with E-state index >= 15 is 0 Å². The highest BCUT2D eigenvalue weighted by molar-refractivity contribution is 5.97. The van der Waals surface area contributed by atoms with E-state index in [9.17, 15) is 39.0 Å². The Labute approximate surface area is 330 Å². The first kappa shape index (κ1) is 41.9. The Hall–Kier alpha value is -6.22. The van der Waals surface area contributed by atoms with Crippen LogP contribution in [0.2, 0.25) is 0 Å². The molecule has 1 aliphatic rings. The van der Waals surface area contributed by atoms with Crippen LogP contribution in [0.4, 0.5) is 0 Å². The van der Waals surface area contributed by atoms with Gasteiger partial charge in [0.25, 0.3) is 0 Å². The number of rotatable bonds is 17. The van der Waals surface area contributed by atoms with Gasteiger partial charge in [-0.05, 0) is 60.6 Å². The Morgan fingerprint density at radius 1 is 0.754 bits per heavy atom. The summed E-state index contributed by atoms with van der Waals surface area (Å²) in [6, 6.07) is 16.0. The summed E-state index contributed by atoms with van der Waals surface area (Å²) in [7, 11) is 0. The first-order valence-corrected chi connectivity index (χ1v) is 19.1. The molecule has 6 atom stereocenters. The molecule has 4 aromatic rings. The zero-order valence-corrected chi connectivity index (χ0v) is 32.2. The van der Waals surface area contributed by atoms with Crippen molar-refractivity contribution < 1.29 is 39.0 Å². The third-order valence-corrected chi connectivity index (χ3v) is 10.2. The zero-order chi connectivity index (χ0) is 41.2. The number of aromatic amines is 1. The maximum absolute atomic E-state index is 14.2. The van der Waals surface area contributed by atoms with E-state index in [2.05, 4.69) is 26.3 Å². The van der Waals surface area contributed by atoms with Crippen molar-refractivity contribution in [1.29, 1.82) is 0 Å². The van der Waals surface area contributed by atoms with E-state index in [1.165, 1.54) is 24.0 Å². The number of phenolic OH excluding ortho intramolecular Hbond substituents is 1. The molecule has 3 aromatic carbocycles. The van der Waals surface area contributed by atoms with Crippen LogP contribution in [0.15, 0.2) is 85.1 Å². The van der Waals surface area contributed by atoms with Crippen LogP contribution >= 0.6 is 0 Å². The smallest absolute Gasteiger partial charge is 0.326 e. The van der Waals surface area contributed by atoms with Gasteiger partial charge in [-0.1, -0.05) is 74.5 Å². The van der Waals surface area contributed by atoms with E-state index in [0.29, 0.717) is 24.0 Å². The minimum Gasteiger partial charge on any atom is -0.508 e. The molecule has 1 aliphatic heterocycles. The summed E-state index contributed by atoms with van der Waals surface area (Å²) in [6.45, 7) is 5.25. The normalized spacial score (nSPS) is 16.6. The van der Waals surface area contributed by atoms with Crippen LogP contribution in [0.5, 0.6) is 5.75 Å². The molecule has 2 heterocycles. The average molecular weight is 782 g/mol. The van der Waals surface area contributed by atoms with E-state index in [1.807, 2.05) is 54.6 Å². The van der Waals surface area contributed by atoms with Crippen LogP contribution in [0, 0.1) is 5.92 Å². The van der Waals surface area contributed by atoms with E-state index in [1.54, 1.807) is 32.2 Å². The quantitative estimate of drug-likeness (QED) is 0.0781. The van der Waals surface area contributed by atoms with Gasteiger partial charge in [0.05, 0.1) is 6.04 Å². The molecule has 0 bridgehead atoms. The Morgan fingerprint density at radius 2 is 1.39 bits per heavy atom. The lowest BCUT2D eigenvalue weighted by Gasteiger charge is -2.31. The van der Waals surface area contributed by atoms with E-state index in [0.717, 1.165) is 16.5 Å². The van der Waals surface area contributed by atoms with Crippen molar-refractivity contribution in [3.8, 4) is 5.75 Å². The van der Waals surface area contributed by atoms with Gasteiger partial charge < -0.3 is 47.1 Å². The SMILES string of the molecule is CC(NC(=O)C(Cc1ccc(O)cc1)NC(=O)C1CCCN1C(=O)C(Cc1ccccc1)NC(=O)C(N)C(C)C)C(=O)NC(Cc1c[nH]c2ccccc12)C(=O)O. The molecule has 1 fully saturated rings. The summed E-state index contributed by atoms with van der Waals surface area (Å²) in [6.07, 6.45) is 2.60. The summed E-state index contributed by atoms with van der Waals surface area (Å²) in [5.74, 6) is -4.48. The summed E-state index contributed by atoms with van der Waals surface area (Å²) >= 11 is 0. The summed E-state index contributed by atoms with van der Waals surface area (Å²) in [5, 5.41) is 31.3. The van der Waals surface area contributed by atoms with Gasteiger partial charge in [0, 0.05) is 42.9 Å². The van der Waals surface area contributed by atoms with Crippen molar-refractivity contribution in [3.63, 3.8) is 0 Å². The largest absolute Gasteiger partial charge is 0.508 e. The molecular formula is C42H51N7O8. The number of carboxylic acid groups (broad SMARTS) is 1. The molecule has 0 saturated carbocycles. The van der Waals surface area contributed by atoms with Crippen LogP contribution in [0.1, 0.15) is 50.3 Å². The number of likely N-dealkylation sites (tertiary alicyclic amines) is 1. The number of fused-ring (bicyclic) bond motifs is 1. The van der Waals surface area contributed by atoms with Crippen LogP contribution in [-0.2, 0) is 48.0 Å². The summed E-state index contributed by atoms with van der Waals surface area (Å²) in [4.78, 5) is 85.1. The molecule has 0 spiro atoms. The number of benzene rings is 3. The standard InChI is InChI=1S/C42H51N7O8/c1-24(2)36(43)40(54)47-33(21-26-10-5-4-6-11-26)41(55)49-19-9-14-35(49)39(53)46-32(20-27-15-17-29(50)18-16-27)38(52)45-25(3)37(51)48-34(42(56)57)22-28-23-44-31-13-8-7-12-30(28)31/h4-8,10-13,15-18,23-25,32-36,44,50H,9,14,19-22,43H2,1-3H3,(H,45,52)(H,46,53)(H,47,54)(H,48,51)(H,56,57). The Kier molecular flexibility index (Phi) is 14.0. The molecule has 0 radical (unpaired) electrons. The Bertz CT molecular complexity index is 2050. The third-order valence-electron chi connectivity index (χ3n) is 10.2. The Balaban J connectivity index is 1.30. The number of aliphatic carboxylic acids is 1. The number of carbonyl (C=O) groups is 6. The first-order chi connectivity index (χ1) is 27.2. The van der Waals surface area contributed by atoms with Crippen LogP contribution < -0.4 is 27.0 Å². The Morgan fingerprint density at radius 3 is 2.07 bits per heavy atom. The minimum atomic E-state index is -1.30. The summed E-state index contributed by atoms with van der Waals surface area (Å²) in [5.41, 5.74) is 9.01. The maximum Gasteiger partial charge on any atom is 0.326 e. The fourth-order valence-corrected chi connectivity index (χ4v) is 6.87. The van der Waals surface area contributed by atoms with Gasteiger partial charge >= 0.3 is 5.97 Å². The number of amides is 5. The molecule has 15 nitrogen and oxygen atoms in total. The van der Waals surface area contributed by atoms with Crippen molar-refractivity contribution in [2.75, 3.05) is 6.54 Å². The third kappa shape index (κ3) is 11.0. The number of H-pyrrole nitrogens is 1. The van der Waals surface area contributed by atoms with E-state index in [-0.39, 0.29) is 37.5 Å². The van der Waals surface area contributed by atoms with Gasteiger partial charge in [0.1, 0.15) is 36.0 Å². The second-order valence-corrected chi connectivity index (χ2v) is 14.8. The van der Waals surface area contributed by atoms with E-state index < -0.39 is 71.8 Å². The molecule has 9 N–H and O–H groups in total. The number of nitrogens with two attached hydrogens (primary N) is 1. The fourth-order valence-electron chi connectivity index (χ4n) is 6.87. The minimum absolute atomic E-state index is 0.00121. The molecule has 1 saturated heterocycles. The maximum atomic E-state index is 14.2. The van der Waals surface area contributed by atoms with Crippen molar-refractivity contribution in [2.45, 2.75) is 89.1 Å². The number of phenols is 1. The van der Waals surface area contributed by atoms with Crippen LogP contribution in [-0.4, -0.2) is 98.4 Å². The molecule has 57 heavy (non-hydrogen) atoms. The molecule has 302 valence electrons. The van der Waals surface area contributed by atoms with E-state index in [4.69, 9.17) is 5.73 Å². The highest BCUT2D eigenvalue weighted by Gasteiger charge is 2.40. The molecule has 0 aliphatic carbocycles. The second kappa shape index (κ2) is 19.1. The number of nitrogens with zero attached hydrogens (tertiary/aromatic N) is 1. The predicted molar refractivity (Wildman–Crippen MR) is 213 cm³/mol. The lowest BCUT2D eigenvalue weighted by atomic mass is 10.0. The van der Waals surface area contributed by atoms with Gasteiger partial charge in [-0.2, -0.15) is 0 Å². The topological polar surface area (TPSA) is 236 Å². The van der Waals surface area contributed by atoms with Gasteiger partial charge in [0.15, 0.2) is 0 Å². The molecule has 5 rings (SSSR count). The molecule has 15 heteroatoms. The number of nitrogens with one attached hydrogen (secondary N) is 5. The number of carboxylic acids is 1. The van der Waals surface area contributed by atoms with Crippen molar-refractivity contribution in [2.24, 2.45) is 11.7 Å². The fraction of sp³-hybridized carbons (Fsp3) is 0.381. The van der Waals surface area contributed by atoms with Crippen molar-refractivity contribution >= 4 is 46.4 Å². The van der Waals surface area contributed by atoms with Crippen molar-refractivity contribution in [1.82, 2.24) is 31.2 Å². The molecule has 1 aromatic heterocycles. The second-order valence-electron chi connectivity index (χ2n) is 14.8. The molecular weight excluding hydrogens is 731 g/mol. The highest BCUT2D eigenvalue weighted by Crippen LogP contribution is 2.22.